The first-order chi connectivity index (χ1) is 12.3. The zero-order valence-corrected chi connectivity index (χ0v) is 13.9. The van der Waals surface area contributed by atoms with Crippen LogP contribution in [-0.4, -0.2) is 5.78 Å². The Morgan fingerprint density at radius 3 is 2.36 bits per heavy atom. The molecule has 0 saturated carbocycles. The number of allylic oxidation sites excluding steroid dienone is 4. The quantitative estimate of drug-likeness (QED) is 0.608. The van der Waals surface area contributed by atoms with Gasteiger partial charge in [-0.2, -0.15) is 0 Å². The second kappa shape index (κ2) is 5.29. The molecule has 3 aromatic carbocycles. The number of hydrogen-bond donors (Lipinski definition) is 0. The number of carbonyl (C=O) groups is 1. The zero-order valence-electron chi connectivity index (χ0n) is 13.9. The van der Waals surface area contributed by atoms with Crippen molar-refractivity contribution in [2.75, 3.05) is 0 Å². The zero-order chi connectivity index (χ0) is 16.9. The van der Waals surface area contributed by atoms with E-state index in [1.165, 1.54) is 16.3 Å². The minimum absolute atomic E-state index is 0.177. The van der Waals surface area contributed by atoms with Crippen LogP contribution in [-0.2, 0) is 16.6 Å². The summed E-state index contributed by atoms with van der Waals surface area (Å²) in [6.07, 6.45) is 8.94. The molecule has 0 aliphatic heterocycles. The summed E-state index contributed by atoms with van der Waals surface area (Å²) >= 11 is 0. The maximum absolute atomic E-state index is 13.5. The van der Waals surface area contributed by atoms with E-state index in [1.807, 2.05) is 30.4 Å². The molecule has 0 fully saturated rings. The summed E-state index contributed by atoms with van der Waals surface area (Å²) in [6, 6.07) is 23.1. The van der Waals surface area contributed by atoms with Crippen molar-refractivity contribution in [1.82, 2.24) is 0 Å². The summed E-state index contributed by atoms with van der Waals surface area (Å²) in [5.41, 5.74) is 2.97. The van der Waals surface area contributed by atoms with E-state index < -0.39 is 5.41 Å². The Morgan fingerprint density at radius 2 is 1.56 bits per heavy atom. The van der Waals surface area contributed by atoms with Gasteiger partial charge in [-0.15, -0.1) is 0 Å². The van der Waals surface area contributed by atoms with Crippen molar-refractivity contribution in [2.45, 2.75) is 17.8 Å². The van der Waals surface area contributed by atoms with Gasteiger partial charge in [0.15, 0.2) is 5.78 Å². The van der Waals surface area contributed by atoms with Gasteiger partial charge in [0.2, 0.25) is 0 Å². The number of rotatable bonds is 1. The van der Waals surface area contributed by atoms with Crippen molar-refractivity contribution < 1.29 is 4.79 Å². The number of hydrogen-bond acceptors (Lipinski definition) is 1. The van der Waals surface area contributed by atoms with Crippen LogP contribution in [0.5, 0.6) is 0 Å². The molecule has 2 bridgehead atoms. The normalized spacial score (nSPS) is 24.2. The minimum atomic E-state index is -0.565. The first-order valence-corrected chi connectivity index (χ1v) is 8.75. The Bertz CT molecular complexity index is 1040. The summed E-state index contributed by atoms with van der Waals surface area (Å²) in [5.74, 6) is 0.107. The van der Waals surface area contributed by atoms with Gasteiger partial charge >= 0.3 is 0 Å². The lowest BCUT2D eigenvalue weighted by atomic mass is 9.63. The molecule has 2 aliphatic rings. The van der Waals surface area contributed by atoms with Crippen LogP contribution in [0.1, 0.15) is 22.6 Å². The number of benzene rings is 3. The van der Waals surface area contributed by atoms with E-state index in [9.17, 15) is 4.79 Å². The van der Waals surface area contributed by atoms with Crippen LogP contribution in [0.15, 0.2) is 91.0 Å². The van der Waals surface area contributed by atoms with Crippen molar-refractivity contribution in [1.29, 1.82) is 0 Å². The highest BCUT2D eigenvalue weighted by Crippen LogP contribution is 2.45. The fourth-order valence-electron chi connectivity index (χ4n) is 4.36. The molecule has 1 heteroatoms. The second-order valence-corrected chi connectivity index (χ2v) is 7.00. The molecule has 0 spiro atoms. The van der Waals surface area contributed by atoms with Crippen LogP contribution in [0.25, 0.3) is 10.8 Å². The van der Waals surface area contributed by atoms with Gasteiger partial charge in [0.1, 0.15) is 0 Å². The molecule has 0 unspecified atom stereocenters. The van der Waals surface area contributed by atoms with Gasteiger partial charge in [-0.3, -0.25) is 4.79 Å². The van der Waals surface area contributed by atoms with Crippen LogP contribution in [0.2, 0.25) is 0 Å². The smallest absolute Gasteiger partial charge is 0.158 e. The topological polar surface area (TPSA) is 17.1 Å². The largest absolute Gasteiger partial charge is 0.297 e. The summed E-state index contributed by atoms with van der Waals surface area (Å²) in [6.45, 7) is 0. The predicted molar refractivity (Wildman–Crippen MR) is 102 cm³/mol. The highest BCUT2D eigenvalue weighted by molar-refractivity contribution is 6.02. The third-order valence-electron chi connectivity index (χ3n) is 5.62. The summed E-state index contributed by atoms with van der Waals surface area (Å²) in [5, 5.41) is 2.44. The summed E-state index contributed by atoms with van der Waals surface area (Å²) < 4.78 is 0. The van der Waals surface area contributed by atoms with Crippen molar-refractivity contribution in [2.24, 2.45) is 0 Å². The van der Waals surface area contributed by atoms with Gasteiger partial charge in [0.25, 0.3) is 0 Å². The molecule has 1 nitrogen and oxygen atoms in total. The number of carbonyl (C=O) groups excluding carboxylic acids is 1. The lowest BCUT2D eigenvalue weighted by Crippen LogP contribution is -2.42. The molecule has 2 atom stereocenters. The van der Waals surface area contributed by atoms with E-state index in [-0.39, 0.29) is 11.7 Å². The molecule has 0 N–H and O–H groups in total. The standard InChI is InChI=1S/C24H18O/c25-23-21-12-6-7-13-24(23,20-10-2-1-3-11-20)16-19-14-17-8-4-5-9-18(17)15-22(19)21/h1-15,21H,16H2/t21-,24+/m1/s1. The molecule has 25 heavy (non-hydrogen) atoms. The lowest BCUT2D eigenvalue weighted by Gasteiger charge is -2.38. The Balaban J connectivity index is 1.79. The number of fused-ring (bicyclic) bond motifs is 5. The van der Waals surface area contributed by atoms with E-state index in [1.54, 1.807) is 0 Å². The third kappa shape index (κ3) is 2.05. The fraction of sp³-hybridized carbons (Fsp3) is 0.125. The molecule has 0 heterocycles. The highest BCUT2D eigenvalue weighted by atomic mass is 16.1. The second-order valence-electron chi connectivity index (χ2n) is 7.00. The highest BCUT2D eigenvalue weighted by Gasteiger charge is 2.46. The first kappa shape index (κ1) is 14.4. The maximum atomic E-state index is 13.5. The van der Waals surface area contributed by atoms with Crippen LogP contribution in [0, 0.1) is 0 Å². The SMILES string of the molecule is O=C1[C@@H]2C=CC=C[C@@]1(c1ccccc1)Cc1cc3ccccc3cc12. The summed E-state index contributed by atoms with van der Waals surface area (Å²) in [7, 11) is 0. The molecule has 5 rings (SSSR count). The van der Waals surface area contributed by atoms with Crippen molar-refractivity contribution in [3.63, 3.8) is 0 Å². The molecule has 0 saturated heterocycles. The Hall–Kier alpha value is -2.93. The lowest BCUT2D eigenvalue weighted by molar-refractivity contribution is -0.124. The van der Waals surface area contributed by atoms with E-state index >= 15 is 0 Å². The average Bonchev–Trinajstić information content (AvgIpc) is 2.76. The van der Waals surface area contributed by atoms with Crippen molar-refractivity contribution in [3.05, 3.63) is 108 Å². The van der Waals surface area contributed by atoms with E-state index in [0.717, 1.165) is 17.5 Å². The van der Waals surface area contributed by atoms with Crippen molar-refractivity contribution >= 4 is 16.6 Å². The monoisotopic (exact) mass is 322 g/mol. The molecular formula is C24H18O. The predicted octanol–water partition coefficient (Wildman–Crippen LogP) is 5.11. The van der Waals surface area contributed by atoms with E-state index in [2.05, 4.69) is 60.7 Å². The van der Waals surface area contributed by atoms with Gasteiger partial charge in [-0.25, -0.2) is 0 Å². The summed E-state index contributed by atoms with van der Waals surface area (Å²) in [4.78, 5) is 13.5. The Morgan fingerprint density at radius 1 is 0.840 bits per heavy atom. The number of Topliss-reactive ketones (excluding diaryl/α,β-unsaturated/α-hetero) is 1. The van der Waals surface area contributed by atoms with Gasteiger partial charge in [0.05, 0.1) is 11.3 Å². The first-order valence-electron chi connectivity index (χ1n) is 8.75. The van der Waals surface area contributed by atoms with Crippen LogP contribution < -0.4 is 0 Å². The Kier molecular flexibility index (Phi) is 3.05. The van der Waals surface area contributed by atoms with E-state index in [0.29, 0.717) is 0 Å². The van der Waals surface area contributed by atoms with Gasteiger partial charge in [0, 0.05) is 0 Å². The molecule has 120 valence electrons. The number of ketones is 1. The molecule has 3 aromatic rings. The van der Waals surface area contributed by atoms with Crippen molar-refractivity contribution in [3.8, 4) is 0 Å². The van der Waals surface area contributed by atoms with Gasteiger partial charge in [-0.05, 0) is 39.9 Å². The van der Waals surface area contributed by atoms with Crippen LogP contribution in [0.4, 0.5) is 0 Å². The molecule has 0 radical (unpaired) electrons. The average molecular weight is 322 g/mol. The third-order valence-corrected chi connectivity index (χ3v) is 5.62. The molecule has 2 aliphatic carbocycles. The van der Waals surface area contributed by atoms with Gasteiger partial charge in [-0.1, -0.05) is 85.0 Å². The Labute approximate surface area is 147 Å². The van der Waals surface area contributed by atoms with Crippen LogP contribution >= 0.6 is 0 Å². The molecule has 0 aromatic heterocycles. The van der Waals surface area contributed by atoms with Gasteiger partial charge < -0.3 is 0 Å². The maximum Gasteiger partial charge on any atom is 0.158 e. The fourth-order valence-corrected chi connectivity index (χ4v) is 4.36. The molecule has 0 amide bonds. The molecular weight excluding hydrogens is 304 g/mol. The minimum Gasteiger partial charge on any atom is -0.297 e. The van der Waals surface area contributed by atoms with Crippen LogP contribution in [0.3, 0.4) is 0 Å². The van der Waals surface area contributed by atoms with E-state index in [4.69, 9.17) is 0 Å².